The maximum absolute atomic E-state index is 4.37. The van der Waals surface area contributed by atoms with E-state index in [2.05, 4.69) is 56.5 Å². The van der Waals surface area contributed by atoms with Crippen molar-refractivity contribution < 1.29 is 0 Å². The van der Waals surface area contributed by atoms with Crippen molar-refractivity contribution in [1.82, 2.24) is 4.90 Å². The second kappa shape index (κ2) is 5.60. The minimum Gasteiger partial charge on any atom is -0.370 e. The first kappa shape index (κ1) is 13.2. The monoisotopic (exact) mass is 243 g/mol. The van der Waals surface area contributed by atoms with Crippen molar-refractivity contribution in [1.29, 1.82) is 0 Å². The standard InChI is InChI=1S/C17H25N/c1-5-17(13(2)3)14(4)18-11-10-15-8-6-7-9-16(15)12-18/h6-9,13,17H,4-5,10-12H2,1-3H3. The first-order chi connectivity index (χ1) is 8.63. The number of benzene rings is 1. The molecule has 0 bridgehead atoms. The highest BCUT2D eigenvalue weighted by Crippen LogP contribution is 2.29. The van der Waals surface area contributed by atoms with E-state index in [9.17, 15) is 0 Å². The first-order valence-corrected chi connectivity index (χ1v) is 7.14. The molecule has 0 aliphatic carbocycles. The molecule has 1 aliphatic rings. The van der Waals surface area contributed by atoms with Crippen molar-refractivity contribution in [3.8, 4) is 0 Å². The lowest BCUT2D eigenvalue weighted by Crippen LogP contribution is -2.33. The molecule has 1 aromatic rings. The highest BCUT2D eigenvalue weighted by molar-refractivity contribution is 5.30. The predicted molar refractivity (Wildman–Crippen MR) is 78.3 cm³/mol. The Morgan fingerprint density at radius 3 is 2.56 bits per heavy atom. The van der Waals surface area contributed by atoms with E-state index < -0.39 is 0 Å². The lowest BCUT2D eigenvalue weighted by atomic mass is 9.88. The third-order valence-corrected chi connectivity index (χ3v) is 4.21. The summed E-state index contributed by atoms with van der Waals surface area (Å²) in [5.74, 6) is 1.30. The van der Waals surface area contributed by atoms with Crippen LogP contribution in [0.4, 0.5) is 0 Å². The molecule has 1 aliphatic heterocycles. The number of fused-ring (bicyclic) bond motifs is 1. The Balaban J connectivity index is 2.11. The molecular weight excluding hydrogens is 218 g/mol. The fraction of sp³-hybridized carbons (Fsp3) is 0.529. The Labute approximate surface area is 112 Å². The number of allylic oxidation sites excluding steroid dienone is 1. The predicted octanol–water partition coefficient (Wildman–Crippen LogP) is 4.24. The van der Waals surface area contributed by atoms with Crippen molar-refractivity contribution >= 4 is 0 Å². The number of rotatable bonds is 4. The molecule has 1 atom stereocenters. The van der Waals surface area contributed by atoms with Crippen LogP contribution in [0.15, 0.2) is 36.5 Å². The SMILES string of the molecule is C=C(C(CC)C(C)C)N1CCc2ccccc2C1. The van der Waals surface area contributed by atoms with Crippen LogP contribution in [0.5, 0.6) is 0 Å². The minimum absolute atomic E-state index is 0.621. The molecule has 0 N–H and O–H groups in total. The van der Waals surface area contributed by atoms with Gasteiger partial charge in [-0.05, 0) is 29.9 Å². The van der Waals surface area contributed by atoms with Gasteiger partial charge in [0.25, 0.3) is 0 Å². The first-order valence-electron chi connectivity index (χ1n) is 7.14. The van der Waals surface area contributed by atoms with E-state index in [0.717, 1.165) is 19.5 Å². The summed E-state index contributed by atoms with van der Waals surface area (Å²) in [5.41, 5.74) is 4.32. The van der Waals surface area contributed by atoms with E-state index in [-0.39, 0.29) is 0 Å². The van der Waals surface area contributed by atoms with Crippen molar-refractivity contribution in [2.24, 2.45) is 11.8 Å². The molecule has 98 valence electrons. The molecule has 0 spiro atoms. The zero-order chi connectivity index (χ0) is 13.1. The zero-order valence-electron chi connectivity index (χ0n) is 11.9. The lowest BCUT2D eigenvalue weighted by Gasteiger charge is -2.36. The van der Waals surface area contributed by atoms with E-state index in [1.165, 1.54) is 23.2 Å². The molecular formula is C17H25N. The van der Waals surface area contributed by atoms with Gasteiger partial charge < -0.3 is 4.90 Å². The van der Waals surface area contributed by atoms with Gasteiger partial charge in [0.2, 0.25) is 0 Å². The van der Waals surface area contributed by atoms with E-state index in [0.29, 0.717) is 11.8 Å². The molecule has 0 aromatic heterocycles. The minimum atomic E-state index is 0.621. The molecule has 0 radical (unpaired) electrons. The molecule has 0 saturated heterocycles. The van der Waals surface area contributed by atoms with Crippen LogP contribution in [0.2, 0.25) is 0 Å². The van der Waals surface area contributed by atoms with Crippen LogP contribution >= 0.6 is 0 Å². The van der Waals surface area contributed by atoms with E-state index >= 15 is 0 Å². The van der Waals surface area contributed by atoms with Gasteiger partial charge in [-0.25, -0.2) is 0 Å². The fourth-order valence-electron chi connectivity index (χ4n) is 3.07. The number of hydrogen-bond acceptors (Lipinski definition) is 1. The highest BCUT2D eigenvalue weighted by Gasteiger charge is 2.23. The van der Waals surface area contributed by atoms with Crippen LogP contribution in [0, 0.1) is 11.8 Å². The molecule has 1 heterocycles. The third kappa shape index (κ3) is 2.60. The van der Waals surface area contributed by atoms with Gasteiger partial charge in [0, 0.05) is 24.7 Å². The van der Waals surface area contributed by atoms with Gasteiger partial charge >= 0.3 is 0 Å². The van der Waals surface area contributed by atoms with Gasteiger partial charge in [-0.15, -0.1) is 0 Å². The van der Waals surface area contributed by atoms with Crippen molar-refractivity contribution in [3.05, 3.63) is 47.7 Å². The van der Waals surface area contributed by atoms with E-state index in [1.807, 2.05) is 0 Å². The van der Waals surface area contributed by atoms with E-state index in [4.69, 9.17) is 0 Å². The Bertz CT molecular complexity index is 419. The molecule has 0 saturated carbocycles. The largest absolute Gasteiger partial charge is 0.370 e. The summed E-state index contributed by atoms with van der Waals surface area (Å²) in [7, 11) is 0. The summed E-state index contributed by atoms with van der Waals surface area (Å²) >= 11 is 0. The van der Waals surface area contributed by atoms with Crippen LogP contribution in [-0.4, -0.2) is 11.4 Å². The van der Waals surface area contributed by atoms with Crippen LogP contribution in [0.25, 0.3) is 0 Å². The third-order valence-electron chi connectivity index (χ3n) is 4.21. The van der Waals surface area contributed by atoms with Crippen molar-refractivity contribution in [2.45, 2.75) is 40.2 Å². The quantitative estimate of drug-likeness (QED) is 0.764. The number of nitrogens with zero attached hydrogens (tertiary/aromatic N) is 1. The lowest BCUT2D eigenvalue weighted by molar-refractivity contribution is 0.253. The topological polar surface area (TPSA) is 3.24 Å². The summed E-state index contributed by atoms with van der Waals surface area (Å²) in [6.45, 7) is 13.4. The summed E-state index contributed by atoms with van der Waals surface area (Å²) in [6, 6.07) is 8.80. The Morgan fingerprint density at radius 1 is 1.28 bits per heavy atom. The molecule has 0 fully saturated rings. The Kier molecular flexibility index (Phi) is 4.11. The van der Waals surface area contributed by atoms with Crippen LogP contribution in [-0.2, 0) is 13.0 Å². The van der Waals surface area contributed by atoms with Gasteiger partial charge in [0.05, 0.1) is 0 Å². The van der Waals surface area contributed by atoms with Crippen LogP contribution in [0.3, 0.4) is 0 Å². The number of hydrogen-bond donors (Lipinski definition) is 0. The van der Waals surface area contributed by atoms with E-state index in [1.54, 1.807) is 0 Å². The Hall–Kier alpha value is -1.24. The molecule has 1 heteroatoms. The summed E-state index contributed by atoms with van der Waals surface area (Å²) in [5, 5.41) is 0. The average Bonchev–Trinajstić information content (AvgIpc) is 2.38. The maximum Gasteiger partial charge on any atom is 0.0429 e. The summed E-state index contributed by atoms with van der Waals surface area (Å²) in [6.07, 6.45) is 2.35. The second-order valence-electron chi connectivity index (χ2n) is 5.69. The van der Waals surface area contributed by atoms with Crippen molar-refractivity contribution in [3.63, 3.8) is 0 Å². The fourth-order valence-corrected chi connectivity index (χ4v) is 3.07. The molecule has 1 nitrogen and oxygen atoms in total. The van der Waals surface area contributed by atoms with Crippen LogP contribution < -0.4 is 0 Å². The maximum atomic E-state index is 4.37. The highest BCUT2D eigenvalue weighted by atomic mass is 15.1. The second-order valence-corrected chi connectivity index (χ2v) is 5.69. The molecule has 1 unspecified atom stereocenters. The molecule has 1 aromatic carbocycles. The average molecular weight is 243 g/mol. The van der Waals surface area contributed by atoms with Gasteiger partial charge in [0.1, 0.15) is 0 Å². The van der Waals surface area contributed by atoms with Gasteiger partial charge in [-0.3, -0.25) is 0 Å². The van der Waals surface area contributed by atoms with Gasteiger partial charge in [-0.1, -0.05) is 51.6 Å². The van der Waals surface area contributed by atoms with Gasteiger partial charge in [-0.2, -0.15) is 0 Å². The zero-order valence-corrected chi connectivity index (χ0v) is 11.9. The smallest absolute Gasteiger partial charge is 0.0429 e. The Morgan fingerprint density at radius 2 is 1.94 bits per heavy atom. The summed E-state index contributed by atoms with van der Waals surface area (Å²) < 4.78 is 0. The van der Waals surface area contributed by atoms with Crippen LogP contribution in [0.1, 0.15) is 38.3 Å². The van der Waals surface area contributed by atoms with Crippen molar-refractivity contribution in [2.75, 3.05) is 6.54 Å². The van der Waals surface area contributed by atoms with Gasteiger partial charge in [0.15, 0.2) is 0 Å². The molecule has 0 amide bonds. The normalized spacial score (nSPS) is 16.6. The molecule has 2 rings (SSSR count). The summed E-state index contributed by atoms with van der Waals surface area (Å²) in [4.78, 5) is 2.48. The molecule has 18 heavy (non-hydrogen) atoms.